The van der Waals surface area contributed by atoms with Gasteiger partial charge in [0, 0.05) is 43.7 Å². The van der Waals surface area contributed by atoms with Crippen LogP contribution in [0, 0.1) is 11.7 Å². The van der Waals surface area contributed by atoms with Gasteiger partial charge in [-0.3, -0.25) is 5.10 Å². The van der Waals surface area contributed by atoms with Crippen molar-refractivity contribution < 1.29 is 13.9 Å². The molecule has 1 aliphatic rings. The second-order valence-electron chi connectivity index (χ2n) is 8.94. The third kappa shape index (κ3) is 7.30. The van der Waals surface area contributed by atoms with Gasteiger partial charge in [0.15, 0.2) is 0 Å². The summed E-state index contributed by atoms with van der Waals surface area (Å²) in [6, 6.07) is 12.1. The molecule has 0 radical (unpaired) electrons. The van der Waals surface area contributed by atoms with Crippen molar-refractivity contribution in [3.63, 3.8) is 0 Å². The second-order valence-corrected chi connectivity index (χ2v) is 8.94. The van der Waals surface area contributed by atoms with E-state index >= 15 is 0 Å². The summed E-state index contributed by atoms with van der Waals surface area (Å²) in [6.45, 7) is 1.87. The number of rotatable bonds is 12. The molecule has 2 heterocycles. The number of halogens is 1. The first-order chi connectivity index (χ1) is 16.6. The van der Waals surface area contributed by atoms with E-state index in [0.29, 0.717) is 24.9 Å². The maximum absolute atomic E-state index is 13.4. The summed E-state index contributed by atoms with van der Waals surface area (Å²) in [7, 11) is 1.81. The van der Waals surface area contributed by atoms with Crippen molar-refractivity contribution in [2.45, 2.75) is 45.1 Å². The molecule has 180 valence electrons. The van der Waals surface area contributed by atoms with E-state index < -0.39 is 0 Å². The van der Waals surface area contributed by atoms with Gasteiger partial charge in [-0.1, -0.05) is 24.6 Å². The molecule has 3 aromatic rings. The lowest BCUT2D eigenvalue weighted by Crippen LogP contribution is -2.37. The highest BCUT2D eigenvalue weighted by atomic mass is 19.1. The number of aromatic amines is 1. The van der Waals surface area contributed by atoms with E-state index in [4.69, 9.17) is 4.74 Å². The SMILES string of the molecule is CN(CCCCCc1cc(-c2cccc(F)c2)n[nH]1)C(=O)NCc1ccc(OCC2CC2)nc1. The Bertz CT molecular complexity index is 1070. The van der Waals surface area contributed by atoms with Crippen molar-refractivity contribution in [3.8, 4) is 17.1 Å². The smallest absolute Gasteiger partial charge is 0.317 e. The minimum Gasteiger partial charge on any atom is -0.477 e. The van der Waals surface area contributed by atoms with Crippen LogP contribution >= 0.6 is 0 Å². The molecule has 0 atom stereocenters. The number of urea groups is 1. The molecule has 1 aromatic carbocycles. The first kappa shape index (κ1) is 23.7. The summed E-state index contributed by atoms with van der Waals surface area (Å²) in [5.41, 5.74) is 3.49. The van der Waals surface area contributed by atoms with E-state index in [1.54, 1.807) is 17.2 Å². The number of aromatic nitrogens is 3. The average Bonchev–Trinajstić information content (AvgIpc) is 3.56. The minimum absolute atomic E-state index is 0.0950. The topological polar surface area (TPSA) is 83.1 Å². The quantitative estimate of drug-likeness (QED) is 0.371. The first-order valence-electron chi connectivity index (χ1n) is 11.9. The summed E-state index contributed by atoms with van der Waals surface area (Å²) in [5.74, 6) is 1.07. The predicted molar refractivity (Wildman–Crippen MR) is 129 cm³/mol. The van der Waals surface area contributed by atoms with Crippen LogP contribution in [-0.2, 0) is 13.0 Å². The maximum Gasteiger partial charge on any atom is 0.317 e. The van der Waals surface area contributed by atoms with Crippen LogP contribution in [0.1, 0.15) is 43.4 Å². The van der Waals surface area contributed by atoms with Gasteiger partial charge in [-0.2, -0.15) is 5.10 Å². The second kappa shape index (κ2) is 11.6. The lowest BCUT2D eigenvalue weighted by molar-refractivity contribution is 0.207. The molecular weight excluding hydrogens is 433 g/mol. The lowest BCUT2D eigenvalue weighted by atomic mass is 10.1. The first-order valence-corrected chi connectivity index (χ1v) is 11.9. The van der Waals surface area contributed by atoms with Crippen LogP contribution < -0.4 is 10.1 Å². The molecule has 1 fully saturated rings. The molecule has 7 nitrogen and oxygen atoms in total. The van der Waals surface area contributed by atoms with E-state index in [0.717, 1.165) is 54.8 Å². The van der Waals surface area contributed by atoms with Crippen LogP contribution in [0.2, 0.25) is 0 Å². The van der Waals surface area contributed by atoms with E-state index in [-0.39, 0.29) is 11.8 Å². The zero-order valence-electron chi connectivity index (χ0n) is 19.6. The van der Waals surface area contributed by atoms with Gasteiger partial charge < -0.3 is 15.0 Å². The fraction of sp³-hybridized carbons (Fsp3) is 0.423. The van der Waals surface area contributed by atoms with Gasteiger partial charge in [-0.15, -0.1) is 0 Å². The van der Waals surface area contributed by atoms with Crippen molar-refractivity contribution in [1.29, 1.82) is 0 Å². The zero-order valence-corrected chi connectivity index (χ0v) is 19.6. The van der Waals surface area contributed by atoms with Crippen molar-refractivity contribution in [3.05, 3.63) is 65.7 Å². The largest absolute Gasteiger partial charge is 0.477 e. The Labute approximate surface area is 199 Å². The monoisotopic (exact) mass is 465 g/mol. The number of ether oxygens (including phenoxy) is 1. The van der Waals surface area contributed by atoms with Gasteiger partial charge in [-0.25, -0.2) is 14.2 Å². The highest BCUT2D eigenvalue weighted by molar-refractivity contribution is 5.73. The number of amides is 2. The molecule has 0 aliphatic heterocycles. The number of hydrogen-bond acceptors (Lipinski definition) is 4. The van der Waals surface area contributed by atoms with E-state index in [9.17, 15) is 9.18 Å². The normalized spacial score (nSPS) is 13.0. The number of nitrogens with one attached hydrogen (secondary N) is 2. The Morgan fingerprint density at radius 2 is 2.09 bits per heavy atom. The Kier molecular flexibility index (Phi) is 8.12. The summed E-state index contributed by atoms with van der Waals surface area (Å²) in [4.78, 5) is 18.4. The molecule has 34 heavy (non-hydrogen) atoms. The Hall–Kier alpha value is -3.42. The molecule has 8 heteroatoms. The number of nitrogens with zero attached hydrogens (tertiary/aromatic N) is 3. The number of hydrogen-bond donors (Lipinski definition) is 2. The molecule has 0 bridgehead atoms. The van der Waals surface area contributed by atoms with Crippen LogP contribution in [0.15, 0.2) is 48.7 Å². The average molecular weight is 466 g/mol. The fourth-order valence-electron chi connectivity index (χ4n) is 3.63. The van der Waals surface area contributed by atoms with Crippen LogP contribution in [0.3, 0.4) is 0 Å². The molecule has 0 unspecified atom stereocenters. The molecule has 0 spiro atoms. The van der Waals surface area contributed by atoms with Crippen LogP contribution in [0.5, 0.6) is 5.88 Å². The Morgan fingerprint density at radius 1 is 1.21 bits per heavy atom. The summed E-state index contributed by atoms with van der Waals surface area (Å²) in [6.07, 6.45) is 8.02. The number of carbonyl (C=O) groups excluding carboxylic acids is 1. The van der Waals surface area contributed by atoms with Gasteiger partial charge in [0.05, 0.1) is 12.3 Å². The Balaban J connectivity index is 1.09. The van der Waals surface area contributed by atoms with Crippen molar-refractivity contribution in [1.82, 2.24) is 25.4 Å². The summed E-state index contributed by atoms with van der Waals surface area (Å²) >= 11 is 0. The van der Waals surface area contributed by atoms with Gasteiger partial charge in [0.1, 0.15) is 5.82 Å². The van der Waals surface area contributed by atoms with Gasteiger partial charge in [0.2, 0.25) is 5.88 Å². The fourth-order valence-corrected chi connectivity index (χ4v) is 3.63. The van der Waals surface area contributed by atoms with Gasteiger partial charge >= 0.3 is 6.03 Å². The van der Waals surface area contributed by atoms with Crippen LogP contribution in [0.4, 0.5) is 9.18 Å². The highest BCUT2D eigenvalue weighted by Crippen LogP contribution is 2.29. The number of benzene rings is 1. The molecule has 2 N–H and O–H groups in total. The molecule has 2 aromatic heterocycles. The van der Waals surface area contributed by atoms with Gasteiger partial charge in [-0.05, 0) is 61.8 Å². The minimum atomic E-state index is -0.265. The van der Waals surface area contributed by atoms with Gasteiger partial charge in [0.25, 0.3) is 0 Å². The van der Waals surface area contributed by atoms with E-state index in [1.807, 2.05) is 31.3 Å². The van der Waals surface area contributed by atoms with E-state index in [2.05, 4.69) is 20.5 Å². The highest BCUT2D eigenvalue weighted by Gasteiger charge is 2.22. The van der Waals surface area contributed by atoms with E-state index in [1.165, 1.54) is 25.0 Å². The van der Waals surface area contributed by atoms with Crippen LogP contribution in [-0.4, -0.2) is 46.3 Å². The number of aryl methyl sites for hydroxylation is 1. The number of pyridine rings is 1. The zero-order chi connectivity index (χ0) is 23.8. The lowest BCUT2D eigenvalue weighted by Gasteiger charge is -2.18. The standard InChI is InChI=1S/C26H32FN5O2/c1-32(26(33)29-17-20-11-12-25(28-16-20)34-18-19-9-10-19)13-4-2-3-8-23-15-24(31-30-23)21-6-5-7-22(27)14-21/h5-7,11-12,14-16,19H,2-4,8-10,13,17-18H2,1H3,(H,29,33)(H,30,31). The Morgan fingerprint density at radius 3 is 2.85 bits per heavy atom. The molecule has 4 rings (SSSR count). The number of unbranched alkanes of at least 4 members (excludes halogenated alkanes) is 2. The third-order valence-electron chi connectivity index (χ3n) is 5.94. The number of H-pyrrole nitrogens is 1. The van der Waals surface area contributed by atoms with Crippen molar-refractivity contribution in [2.24, 2.45) is 5.92 Å². The maximum atomic E-state index is 13.4. The molecular formula is C26H32FN5O2. The molecule has 1 aliphatic carbocycles. The summed E-state index contributed by atoms with van der Waals surface area (Å²) < 4.78 is 19.0. The predicted octanol–water partition coefficient (Wildman–Crippen LogP) is 4.95. The molecule has 0 saturated heterocycles. The van der Waals surface area contributed by atoms with Crippen molar-refractivity contribution in [2.75, 3.05) is 20.2 Å². The third-order valence-corrected chi connectivity index (χ3v) is 5.94. The summed E-state index contributed by atoms with van der Waals surface area (Å²) in [5, 5.41) is 10.2. The molecule has 1 saturated carbocycles. The van der Waals surface area contributed by atoms with Crippen LogP contribution in [0.25, 0.3) is 11.3 Å². The molecule has 2 amide bonds. The number of carbonyl (C=O) groups is 1. The van der Waals surface area contributed by atoms with Crippen molar-refractivity contribution >= 4 is 6.03 Å².